The van der Waals surface area contributed by atoms with E-state index in [-0.39, 0.29) is 12.0 Å². The number of hydrogen-bond acceptors (Lipinski definition) is 11. The maximum Gasteiger partial charge on any atom is 0.263 e. The van der Waals surface area contributed by atoms with Crippen molar-refractivity contribution < 1.29 is 10.0 Å². The van der Waals surface area contributed by atoms with Gasteiger partial charge < -0.3 is 9.80 Å². The molecule has 0 bridgehead atoms. The van der Waals surface area contributed by atoms with E-state index in [2.05, 4.69) is 81.8 Å². The van der Waals surface area contributed by atoms with E-state index in [4.69, 9.17) is 17.4 Å². The Labute approximate surface area is 352 Å². The van der Waals surface area contributed by atoms with Crippen LogP contribution in [-0.4, -0.2) is 81.6 Å². The van der Waals surface area contributed by atoms with Gasteiger partial charge in [0.1, 0.15) is 4.64 Å². The van der Waals surface area contributed by atoms with Gasteiger partial charge in [-0.25, -0.2) is 14.3 Å². The van der Waals surface area contributed by atoms with Crippen LogP contribution >= 0.6 is 28.1 Å². The minimum atomic E-state index is -0.478. The Balaban J connectivity index is 0.000000167. The number of aromatic nitrogens is 9. The van der Waals surface area contributed by atoms with E-state index in [1.54, 1.807) is 16.2 Å². The van der Waals surface area contributed by atoms with Gasteiger partial charge in [-0.2, -0.15) is 0 Å². The summed E-state index contributed by atoms with van der Waals surface area (Å²) in [5, 5.41) is 28.0. The van der Waals surface area contributed by atoms with Crippen molar-refractivity contribution in [2.24, 2.45) is 0 Å². The molecule has 6 heterocycles. The number of amides is 1. The molecule has 1 amide bonds. The lowest BCUT2D eigenvalue weighted by molar-refractivity contribution is -0.128. The Kier molecular flexibility index (Phi) is 11.3. The molecule has 2 N–H and O–H groups in total. The molecule has 17 heteroatoms. The monoisotopic (exact) mass is 872 g/mol. The van der Waals surface area contributed by atoms with Crippen LogP contribution in [0.3, 0.4) is 0 Å². The molecule has 1 aliphatic heterocycles. The Morgan fingerprint density at radius 2 is 1.61 bits per heavy atom. The molecule has 9 rings (SSSR count). The molecule has 0 radical (unpaired) electrons. The predicted octanol–water partition coefficient (Wildman–Crippen LogP) is 6.40. The Bertz CT molecular complexity index is 2990. The number of halogens is 1. The van der Waals surface area contributed by atoms with Gasteiger partial charge in [0, 0.05) is 56.0 Å². The number of nitrogens with one attached hydrogen (secondary N) is 1. The lowest BCUT2D eigenvalue weighted by Gasteiger charge is -2.17. The largest absolute Gasteiger partial charge is 0.347 e. The van der Waals surface area contributed by atoms with Gasteiger partial charge >= 0.3 is 0 Å². The van der Waals surface area contributed by atoms with E-state index in [0.717, 1.165) is 85.8 Å². The Morgan fingerprint density at radius 1 is 0.898 bits per heavy atom. The van der Waals surface area contributed by atoms with Crippen molar-refractivity contribution in [2.75, 3.05) is 37.0 Å². The quantitative estimate of drug-likeness (QED) is 0.0941. The Hall–Kier alpha value is -6.30. The molecule has 59 heavy (non-hydrogen) atoms. The number of nitrogens with zero attached hydrogens (tertiary/aromatic N) is 11. The minimum absolute atomic E-state index is 0.0777. The van der Waals surface area contributed by atoms with Crippen LogP contribution in [0.5, 0.6) is 0 Å². The van der Waals surface area contributed by atoms with Crippen molar-refractivity contribution in [3.05, 3.63) is 133 Å². The number of anilines is 2. The summed E-state index contributed by atoms with van der Waals surface area (Å²) in [6.07, 6.45) is 10.00. The summed E-state index contributed by atoms with van der Waals surface area (Å²) in [5.74, 6) is 2.28. The lowest BCUT2D eigenvalue weighted by atomic mass is 10.1. The predicted molar refractivity (Wildman–Crippen MR) is 235 cm³/mol. The minimum Gasteiger partial charge on any atom is -0.347 e. The topological polar surface area (TPSA) is 156 Å². The summed E-state index contributed by atoms with van der Waals surface area (Å²) in [6.45, 7) is 4.83. The fraction of sp³-hybridized carbons (Fsp3) is 0.238. The summed E-state index contributed by atoms with van der Waals surface area (Å²) >= 11 is 9.29. The number of fused-ring (bicyclic) bond motifs is 6. The van der Waals surface area contributed by atoms with E-state index in [0.29, 0.717) is 24.3 Å². The van der Waals surface area contributed by atoms with Gasteiger partial charge in [0.25, 0.3) is 5.56 Å². The number of hydrogen-bond donors (Lipinski definition) is 2. The zero-order chi connectivity index (χ0) is 41.2. The molecule has 1 fully saturated rings. The first-order valence-electron chi connectivity index (χ1n) is 19.1. The highest BCUT2D eigenvalue weighted by atomic mass is 79.9. The summed E-state index contributed by atoms with van der Waals surface area (Å²) in [4.78, 5) is 33.1. The van der Waals surface area contributed by atoms with Crippen molar-refractivity contribution in [1.29, 1.82) is 0 Å². The highest BCUT2D eigenvalue weighted by Crippen LogP contribution is 2.26. The summed E-state index contributed by atoms with van der Waals surface area (Å²) in [7, 11) is 3.93. The zero-order valence-corrected chi connectivity index (χ0v) is 35.1. The molecule has 0 atom stereocenters. The second-order valence-corrected chi connectivity index (χ2v) is 15.9. The standard InChI is InChI=1S/C22H21BrN6O3.C20H20N6S/c23-16-7-8-18-17(12-16)20(31)28(13-15-5-3-14(4-6-15)11-19(30)26-32)22-25-24-21(29(18)22)27-9-1-2-10-27;1-14-8-9-17-16(12-14)18(27)25(11-5-7-15-6-4-10-21-13-15)20-23-22-19(24(2)3)26(17)20/h3-8,12,32H,1-2,9-11,13H2,(H,26,30);4-10,12-13H,11H2,1-3H3. The number of benzene rings is 3. The number of allylic oxidation sites excluding steroid dienone is 1. The molecule has 0 aliphatic carbocycles. The van der Waals surface area contributed by atoms with Crippen LogP contribution in [0.25, 0.3) is 39.4 Å². The third kappa shape index (κ3) is 7.96. The molecule has 0 saturated carbocycles. The smallest absolute Gasteiger partial charge is 0.263 e. The van der Waals surface area contributed by atoms with Crippen molar-refractivity contribution >= 4 is 85.4 Å². The highest BCUT2D eigenvalue weighted by molar-refractivity contribution is 9.10. The van der Waals surface area contributed by atoms with Crippen molar-refractivity contribution in [2.45, 2.75) is 39.3 Å². The molecule has 15 nitrogen and oxygen atoms in total. The second kappa shape index (κ2) is 16.9. The summed E-state index contributed by atoms with van der Waals surface area (Å²) in [5.41, 5.74) is 7.16. The van der Waals surface area contributed by atoms with Gasteiger partial charge in [0.2, 0.25) is 29.4 Å². The van der Waals surface area contributed by atoms with Crippen molar-refractivity contribution in [3.63, 3.8) is 0 Å². The average Bonchev–Trinajstić information content (AvgIpc) is 4.03. The number of aryl methyl sites for hydroxylation is 1. The van der Waals surface area contributed by atoms with Gasteiger partial charge in [-0.3, -0.25) is 28.9 Å². The second-order valence-electron chi connectivity index (χ2n) is 14.6. The summed E-state index contributed by atoms with van der Waals surface area (Å²) in [6, 6.07) is 23.2. The van der Waals surface area contributed by atoms with Crippen LogP contribution in [0.1, 0.15) is 35.1 Å². The zero-order valence-electron chi connectivity index (χ0n) is 32.7. The van der Waals surface area contributed by atoms with Gasteiger partial charge in [-0.1, -0.05) is 82.3 Å². The van der Waals surface area contributed by atoms with Gasteiger partial charge in [0.05, 0.1) is 29.4 Å². The molecular weight excluding hydrogens is 833 g/mol. The molecule has 0 spiro atoms. The Morgan fingerprint density at radius 3 is 2.34 bits per heavy atom. The SMILES string of the molecule is Cc1ccc2c(c1)c(=S)n(CC=Cc1cccnc1)c1nnc(N(C)C)n21.O=C(Cc1ccc(Cn2c(=O)c3cc(Br)ccc3n3c(N4CCCC4)nnc23)cc1)NO. The maximum atomic E-state index is 13.4. The van der Waals surface area contributed by atoms with Gasteiger partial charge in [-0.15, -0.1) is 20.4 Å². The first-order valence-corrected chi connectivity index (χ1v) is 20.3. The van der Waals surface area contributed by atoms with E-state index < -0.39 is 5.91 Å². The van der Waals surface area contributed by atoms with Crippen LogP contribution < -0.4 is 20.8 Å². The molecule has 1 aliphatic rings. The first kappa shape index (κ1) is 39.5. The van der Waals surface area contributed by atoms with E-state index >= 15 is 0 Å². The van der Waals surface area contributed by atoms with Crippen LogP contribution in [0.4, 0.5) is 11.9 Å². The van der Waals surface area contributed by atoms with Gasteiger partial charge in [-0.05, 0) is 72.9 Å². The molecular formula is C42H41BrN12O3S. The molecule has 1 saturated heterocycles. The van der Waals surface area contributed by atoms with Crippen LogP contribution in [0.15, 0.2) is 101 Å². The van der Waals surface area contributed by atoms with Crippen molar-refractivity contribution in [1.82, 2.24) is 48.8 Å². The molecule has 0 unspecified atom stereocenters. The maximum absolute atomic E-state index is 13.4. The summed E-state index contributed by atoms with van der Waals surface area (Å²) < 4.78 is 9.27. The molecule has 5 aromatic heterocycles. The average molecular weight is 874 g/mol. The molecule has 8 aromatic rings. The number of pyridine rings is 1. The van der Waals surface area contributed by atoms with E-state index in [1.165, 1.54) is 5.56 Å². The molecule has 3 aromatic carbocycles. The highest BCUT2D eigenvalue weighted by Gasteiger charge is 2.23. The molecule has 300 valence electrons. The normalized spacial score (nSPS) is 12.9. The van der Waals surface area contributed by atoms with E-state index in [1.807, 2.05) is 94.8 Å². The van der Waals surface area contributed by atoms with Crippen LogP contribution in [0, 0.1) is 11.6 Å². The number of rotatable bonds is 9. The number of carbonyl (C=O) groups excluding carboxylic acids is 1. The fourth-order valence-corrected chi connectivity index (χ4v) is 8.02. The number of hydroxylamine groups is 1. The van der Waals surface area contributed by atoms with Crippen molar-refractivity contribution in [3.8, 4) is 0 Å². The first-order chi connectivity index (χ1) is 28.6. The third-order valence-electron chi connectivity index (χ3n) is 10.2. The van der Waals surface area contributed by atoms with Crippen LogP contribution in [0.2, 0.25) is 0 Å². The van der Waals surface area contributed by atoms with E-state index in [9.17, 15) is 9.59 Å². The third-order valence-corrected chi connectivity index (χ3v) is 11.1. The van der Waals surface area contributed by atoms with Gasteiger partial charge in [0.15, 0.2) is 0 Å². The fourth-order valence-electron chi connectivity index (χ4n) is 7.34. The lowest BCUT2D eigenvalue weighted by Crippen LogP contribution is -2.26. The number of carbonyl (C=O) groups is 1. The van der Waals surface area contributed by atoms with Crippen LogP contribution in [-0.2, 0) is 24.3 Å².